The number of benzene rings is 4. The molecule has 436 valence electrons. The molecule has 0 bridgehead atoms. The molecule has 0 heterocycles. The smallest absolute Gasteiger partial charge is 0.309 e. The van der Waals surface area contributed by atoms with Gasteiger partial charge in [-0.2, -0.15) is 10.5 Å². The molecule has 0 aliphatic heterocycles. The molecular formula is C66H83BrN2O12. The van der Waals surface area contributed by atoms with Crippen molar-refractivity contribution in [3.05, 3.63) is 95.1 Å². The average Bonchev–Trinajstić information content (AvgIpc) is 4.46. The number of nitriles is 2. The van der Waals surface area contributed by atoms with Crippen molar-refractivity contribution in [1.29, 1.82) is 10.5 Å². The van der Waals surface area contributed by atoms with Gasteiger partial charge < -0.3 is 48.1 Å². The molecule has 0 spiro atoms. The highest BCUT2D eigenvalue weighted by molar-refractivity contribution is 9.08. The molecule has 4 aromatic carbocycles. The van der Waals surface area contributed by atoms with Crippen molar-refractivity contribution in [2.45, 2.75) is 201 Å². The summed E-state index contributed by atoms with van der Waals surface area (Å²) >= 11 is 3.44. The van der Waals surface area contributed by atoms with E-state index in [0.29, 0.717) is 98.4 Å². The maximum Gasteiger partial charge on any atom is 0.309 e. The first-order valence-electron chi connectivity index (χ1n) is 29.5. The van der Waals surface area contributed by atoms with Crippen LogP contribution in [-0.2, 0) is 32.2 Å². The largest absolute Gasteiger partial charge is 0.493 e. The summed E-state index contributed by atoms with van der Waals surface area (Å²) in [5.41, 5.74) is 1.54. The second-order valence-electron chi connectivity index (χ2n) is 23.2. The minimum atomic E-state index is -0.950. The number of aliphatic carboxylic acids is 2. The highest BCUT2D eigenvalue weighted by Crippen LogP contribution is 2.51. The molecule has 6 saturated carbocycles. The van der Waals surface area contributed by atoms with Crippen LogP contribution in [0.1, 0.15) is 176 Å². The van der Waals surface area contributed by atoms with Crippen LogP contribution in [0.2, 0.25) is 0 Å². The van der Waals surface area contributed by atoms with Crippen molar-refractivity contribution in [2.24, 2.45) is 11.3 Å². The van der Waals surface area contributed by atoms with E-state index in [1.807, 2.05) is 66.7 Å². The first-order valence-corrected chi connectivity index (χ1v) is 30.7. The summed E-state index contributed by atoms with van der Waals surface area (Å²) < 4.78 is 46.5. The molecule has 6 aliphatic rings. The van der Waals surface area contributed by atoms with Crippen LogP contribution < -0.4 is 37.9 Å². The maximum atomic E-state index is 12.7. The number of rotatable bonds is 19. The van der Waals surface area contributed by atoms with E-state index in [0.717, 1.165) is 84.9 Å². The second kappa shape index (κ2) is 28.6. The average molecular weight is 1180 g/mol. The Morgan fingerprint density at radius 2 is 0.827 bits per heavy atom. The van der Waals surface area contributed by atoms with Crippen molar-refractivity contribution in [1.82, 2.24) is 0 Å². The molecule has 81 heavy (non-hydrogen) atoms. The van der Waals surface area contributed by atoms with Gasteiger partial charge in [0.15, 0.2) is 46.0 Å². The lowest BCUT2D eigenvalue weighted by molar-refractivity contribution is -0.151. The fraction of sp³-hybridized carbons (Fsp3) is 0.576. The van der Waals surface area contributed by atoms with Crippen LogP contribution >= 0.6 is 15.9 Å². The van der Waals surface area contributed by atoms with Gasteiger partial charge >= 0.3 is 11.9 Å². The summed E-state index contributed by atoms with van der Waals surface area (Å²) in [6.45, 7) is 0. The number of methoxy groups -OCH3 is 4. The van der Waals surface area contributed by atoms with Gasteiger partial charge in [-0.05, 0) is 231 Å². The Morgan fingerprint density at radius 3 is 1.19 bits per heavy atom. The molecule has 0 unspecified atom stereocenters. The number of halogens is 1. The van der Waals surface area contributed by atoms with Crippen LogP contribution in [0.4, 0.5) is 0 Å². The SMILES string of the molecule is COc1cc(CBr)ccc1OC1CCCC1.COc1cc(CC2(C(=O)O)CCC(C#N)(c3ccc(OC)c(OC4CCCC4)c3)CC2)ccc1OC1CCCC1.COc1ccc(C2(C#N)CCC(C(=O)O)CC2)cc1OC1CCCC1. The van der Waals surface area contributed by atoms with Gasteiger partial charge in [0, 0.05) is 5.33 Å². The van der Waals surface area contributed by atoms with E-state index in [1.165, 1.54) is 56.9 Å². The predicted molar refractivity (Wildman–Crippen MR) is 313 cm³/mol. The second-order valence-corrected chi connectivity index (χ2v) is 23.8. The lowest BCUT2D eigenvalue weighted by Crippen LogP contribution is -2.42. The molecule has 0 saturated heterocycles. The maximum absolute atomic E-state index is 12.7. The zero-order chi connectivity index (χ0) is 57.4. The van der Waals surface area contributed by atoms with Crippen molar-refractivity contribution in [3.8, 4) is 58.1 Å². The summed E-state index contributed by atoms with van der Waals surface area (Å²) in [5, 5.41) is 40.7. The van der Waals surface area contributed by atoms with Crippen LogP contribution in [0.3, 0.4) is 0 Å². The number of hydrogen-bond acceptors (Lipinski definition) is 12. The Hall–Kier alpha value is -6.32. The van der Waals surface area contributed by atoms with E-state index in [2.05, 4.69) is 34.1 Å². The summed E-state index contributed by atoms with van der Waals surface area (Å²) in [4.78, 5) is 23.9. The van der Waals surface area contributed by atoms with E-state index in [1.54, 1.807) is 28.4 Å². The Bertz CT molecular complexity index is 2800. The lowest BCUT2D eigenvalue weighted by Gasteiger charge is -2.41. The van der Waals surface area contributed by atoms with Crippen molar-refractivity contribution in [3.63, 3.8) is 0 Å². The van der Waals surface area contributed by atoms with Gasteiger partial charge in [-0.1, -0.05) is 40.2 Å². The third-order valence-corrected chi connectivity index (χ3v) is 18.7. The number of hydrogen-bond donors (Lipinski definition) is 2. The van der Waals surface area contributed by atoms with Gasteiger partial charge in [-0.25, -0.2) is 0 Å². The molecule has 6 aliphatic carbocycles. The number of carbonyl (C=O) groups is 2. The molecule has 10 rings (SSSR count). The van der Waals surface area contributed by atoms with Crippen LogP contribution in [0.5, 0.6) is 46.0 Å². The van der Waals surface area contributed by atoms with Crippen LogP contribution in [0.25, 0.3) is 0 Å². The molecule has 4 aromatic rings. The first-order chi connectivity index (χ1) is 39.3. The Balaban J connectivity index is 0.000000178. The Kier molecular flexibility index (Phi) is 21.4. The number of ether oxygens (including phenoxy) is 8. The zero-order valence-corrected chi connectivity index (χ0v) is 49.5. The van der Waals surface area contributed by atoms with E-state index in [9.17, 15) is 30.3 Å². The Morgan fingerprint density at radius 1 is 0.469 bits per heavy atom. The standard InChI is InChI=1S/C33H41NO6.C20H25NO4.C13H17BrO2/c1-37-27-14-12-24(20-30(27)40-26-9-5-6-10-26)33(22-34)17-15-32(16-18-33,31(35)36)21-23-11-13-28(29(19-23)38-2)39-25-7-3-4-8-25;1-24-17-7-6-15(12-18(17)25-16-4-2-3-5-16)20(13-21)10-8-14(9-11-20)19(22)23;1-15-13-8-10(9-14)6-7-12(13)16-11-4-2-3-5-11/h11-14,19-20,25-26H,3-10,15-18,21H2,1-2H3,(H,35,36);6-7,12,14,16H,2-5,8-11H2,1H3,(H,22,23);6-8,11H,2-5,9H2,1H3. The molecule has 0 radical (unpaired) electrons. The summed E-state index contributed by atoms with van der Waals surface area (Å²) in [6.07, 6.45) is 23.5. The van der Waals surface area contributed by atoms with Crippen molar-refractivity contribution < 1.29 is 57.7 Å². The van der Waals surface area contributed by atoms with Gasteiger partial charge in [0.05, 0.1) is 87.2 Å². The van der Waals surface area contributed by atoms with Crippen LogP contribution in [-0.4, -0.2) is 75.0 Å². The third kappa shape index (κ3) is 15.0. The van der Waals surface area contributed by atoms with E-state index in [-0.39, 0.29) is 24.2 Å². The lowest BCUT2D eigenvalue weighted by atomic mass is 9.60. The highest BCUT2D eigenvalue weighted by Gasteiger charge is 2.49. The minimum absolute atomic E-state index is 0.167. The Labute approximate surface area is 487 Å². The molecule has 6 fully saturated rings. The molecular weight excluding hydrogens is 1090 g/mol. The molecule has 0 aromatic heterocycles. The van der Waals surface area contributed by atoms with Gasteiger partial charge in [0.2, 0.25) is 0 Å². The monoisotopic (exact) mass is 1170 g/mol. The summed E-state index contributed by atoms with van der Waals surface area (Å²) in [6, 6.07) is 28.4. The quantitative estimate of drug-likeness (QED) is 0.0841. The molecule has 15 heteroatoms. The van der Waals surface area contributed by atoms with Crippen molar-refractivity contribution >= 4 is 27.9 Å². The van der Waals surface area contributed by atoms with E-state index >= 15 is 0 Å². The van der Waals surface area contributed by atoms with Crippen LogP contribution in [0.15, 0.2) is 72.8 Å². The van der Waals surface area contributed by atoms with Crippen LogP contribution in [0, 0.1) is 34.0 Å². The molecule has 0 atom stereocenters. The summed E-state index contributed by atoms with van der Waals surface area (Å²) in [7, 11) is 6.55. The fourth-order valence-electron chi connectivity index (χ4n) is 13.0. The van der Waals surface area contributed by atoms with Gasteiger partial charge in [-0.3, -0.25) is 9.59 Å². The third-order valence-electron chi connectivity index (χ3n) is 18.1. The molecule has 2 N–H and O–H groups in total. The van der Waals surface area contributed by atoms with E-state index < -0.39 is 28.2 Å². The molecule has 0 amide bonds. The van der Waals surface area contributed by atoms with Gasteiger partial charge in [0.25, 0.3) is 0 Å². The predicted octanol–water partition coefficient (Wildman–Crippen LogP) is 15.0. The topological polar surface area (TPSA) is 196 Å². The number of nitrogens with zero attached hydrogens (tertiary/aromatic N) is 2. The first kappa shape index (κ1) is 60.8. The fourth-order valence-corrected chi connectivity index (χ4v) is 13.3. The molecule has 14 nitrogen and oxygen atoms in total. The van der Waals surface area contributed by atoms with Gasteiger partial charge in [-0.15, -0.1) is 0 Å². The zero-order valence-electron chi connectivity index (χ0n) is 47.9. The number of alkyl halides is 1. The number of carboxylic acid groups (broad SMARTS) is 2. The van der Waals surface area contributed by atoms with Gasteiger partial charge in [0.1, 0.15) is 0 Å². The summed E-state index contributed by atoms with van der Waals surface area (Å²) in [5.74, 6) is 3.86. The van der Waals surface area contributed by atoms with Crippen molar-refractivity contribution in [2.75, 3.05) is 28.4 Å². The normalized spacial score (nSPS) is 24.0. The minimum Gasteiger partial charge on any atom is -0.493 e. The van der Waals surface area contributed by atoms with E-state index in [4.69, 9.17) is 37.9 Å². The highest BCUT2D eigenvalue weighted by atomic mass is 79.9. The number of carboxylic acids is 2.